The van der Waals surface area contributed by atoms with E-state index in [1.807, 2.05) is 30.0 Å². The molecule has 1 heterocycles. The van der Waals surface area contributed by atoms with Crippen LogP contribution in [-0.2, 0) is 11.2 Å². The highest BCUT2D eigenvalue weighted by Gasteiger charge is 2.36. The Morgan fingerprint density at radius 1 is 1.47 bits per heavy atom. The zero-order valence-electron chi connectivity index (χ0n) is 11.7. The number of likely N-dealkylation sites (N-methyl/N-ethyl adjacent to an activating group) is 1. The molecule has 0 spiro atoms. The van der Waals surface area contributed by atoms with Crippen LogP contribution in [0.2, 0.25) is 0 Å². The number of hydrogen-bond donors (Lipinski definition) is 1. The van der Waals surface area contributed by atoms with Crippen LogP contribution < -0.4 is 4.74 Å². The fourth-order valence-corrected chi connectivity index (χ4v) is 2.49. The van der Waals surface area contributed by atoms with E-state index in [1.54, 1.807) is 13.8 Å². The second kappa shape index (κ2) is 5.21. The van der Waals surface area contributed by atoms with Crippen molar-refractivity contribution in [2.45, 2.75) is 38.8 Å². The van der Waals surface area contributed by atoms with E-state index in [9.17, 15) is 9.90 Å². The Hall–Kier alpha value is -1.55. The lowest BCUT2D eigenvalue weighted by Crippen LogP contribution is -2.53. The van der Waals surface area contributed by atoms with Crippen LogP contribution in [0.1, 0.15) is 26.3 Å². The van der Waals surface area contributed by atoms with Gasteiger partial charge in [-0.3, -0.25) is 9.69 Å². The van der Waals surface area contributed by atoms with E-state index in [1.165, 1.54) is 5.56 Å². The molecule has 1 N–H and O–H groups in total. The molecule has 19 heavy (non-hydrogen) atoms. The third-order valence-electron chi connectivity index (χ3n) is 3.83. The summed E-state index contributed by atoms with van der Waals surface area (Å²) in [7, 11) is 0. The van der Waals surface area contributed by atoms with Crippen LogP contribution in [0.3, 0.4) is 0 Å². The molecule has 4 nitrogen and oxygen atoms in total. The molecule has 2 rings (SSSR count). The summed E-state index contributed by atoms with van der Waals surface area (Å²) in [5.74, 6) is 0.126. The smallest absolute Gasteiger partial charge is 0.323 e. The first kappa shape index (κ1) is 13.9. The summed E-state index contributed by atoms with van der Waals surface area (Å²) in [6.07, 6.45) is 0.888. The van der Waals surface area contributed by atoms with Gasteiger partial charge in [0.05, 0.1) is 0 Å². The maximum Gasteiger partial charge on any atom is 0.323 e. The number of carboxylic acid groups (broad SMARTS) is 1. The monoisotopic (exact) mass is 263 g/mol. The Bertz CT molecular complexity index is 445. The van der Waals surface area contributed by atoms with Gasteiger partial charge in [0.1, 0.15) is 17.4 Å². The van der Waals surface area contributed by atoms with Crippen molar-refractivity contribution in [2.24, 2.45) is 0 Å². The number of nitrogens with zero attached hydrogens (tertiary/aromatic N) is 1. The second-order valence-electron chi connectivity index (χ2n) is 5.45. The molecule has 1 unspecified atom stereocenters. The highest BCUT2D eigenvalue weighted by molar-refractivity contribution is 5.77. The highest BCUT2D eigenvalue weighted by atomic mass is 16.5. The minimum atomic E-state index is -0.868. The number of ether oxygens (including phenoxy) is 1. The zero-order valence-corrected chi connectivity index (χ0v) is 11.7. The van der Waals surface area contributed by atoms with Crippen molar-refractivity contribution in [1.82, 2.24) is 4.90 Å². The Morgan fingerprint density at radius 2 is 2.16 bits per heavy atom. The summed E-state index contributed by atoms with van der Waals surface area (Å²) in [5.41, 5.74) is 0.337. The number of aliphatic carboxylic acids is 1. The van der Waals surface area contributed by atoms with Gasteiger partial charge in [0.2, 0.25) is 0 Å². The Balaban J connectivity index is 2.04. The van der Waals surface area contributed by atoms with Crippen molar-refractivity contribution in [3.8, 4) is 5.75 Å². The molecule has 1 aromatic carbocycles. The van der Waals surface area contributed by atoms with Crippen LogP contribution in [0.4, 0.5) is 0 Å². The van der Waals surface area contributed by atoms with Crippen LogP contribution in [0.5, 0.6) is 5.75 Å². The normalized spacial score (nSPS) is 18.2. The lowest BCUT2D eigenvalue weighted by Gasteiger charge is -2.35. The number of rotatable bonds is 5. The summed E-state index contributed by atoms with van der Waals surface area (Å²) in [6.45, 7) is 6.77. The van der Waals surface area contributed by atoms with Gasteiger partial charge >= 0.3 is 5.97 Å². The van der Waals surface area contributed by atoms with Crippen LogP contribution in [-0.4, -0.2) is 40.7 Å². The van der Waals surface area contributed by atoms with Gasteiger partial charge in [-0.05, 0) is 32.0 Å². The third-order valence-corrected chi connectivity index (χ3v) is 3.83. The quantitative estimate of drug-likeness (QED) is 0.884. The van der Waals surface area contributed by atoms with E-state index in [4.69, 9.17) is 4.74 Å². The van der Waals surface area contributed by atoms with Gasteiger partial charge in [-0.1, -0.05) is 25.1 Å². The molecule has 0 aromatic heterocycles. The predicted octanol–water partition coefficient (Wildman–Crippen LogP) is 2.18. The minimum Gasteiger partial charge on any atom is -0.488 e. The first-order valence-electron chi connectivity index (χ1n) is 6.68. The van der Waals surface area contributed by atoms with Crippen LogP contribution in [0.15, 0.2) is 24.3 Å². The van der Waals surface area contributed by atoms with Gasteiger partial charge in [0.25, 0.3) is 0 Å². The average molecular weight is 263 g/mol. The fourth-order valence-electron chi connectivity index (χ4n) is 2.49. The topological polar surface area (TPSA) is 49.8 Å². The van der Waals surface area contributed by atoms with E-state index in [0.717, 1.165) is 12.2 Å². The summed E-state index contributed by atoms with van der Waals surface area (Å²) in [5, 5.41) is 9.31. The SMILES string of the molecule is CCN(CC1Cc2ccccc2O1)C(C)(C)C(=O)O. The molecule has 1 aliphatic heterocycles. The molecule has 0 aliphatic carbocycles. The first-order chi connectivity index (χ1) is 8.95. The first-order valence-corrected chi connectivity index (χ1v) is 6.68. The van der Waals surface area contributed by atoms with Crippen molar-refractivity contribution in [1.29, 1.82) is 0 Å². The maximum atomic E-state index is 11.3. The molecule has 0 fully saturated rings. The van der Waals surface area contributed by atoms with Crippen LogP contribution >= 0.6 is 0 Å². The van der Waals surface area contributed by atoms with E-state index < -0.39 is 11.5 Å². The Kier molecular flexibility index (Phi) is 3.80. The fraction of sp³-hybridized carbons (Fsp3) is 0.533. The molecule has 1 aromatic rings. The second-order valence-corrected chi connectivity index (χ2v) is 5.45. The number of benzene rings is 1. The highest BCUT2D eigenvalue weighted by Crippen LogP contribution is 2.29. The number of hydrogen-bond acceptors (Lipinski definition) is 3. The molecule has 0 bridgehead atoms. The van der Waals surface area contributed by atoms with E-state index in [2.05, 4.69) is 6.07 Å². The molecule has 0 radical (unpaired) electrons. The summed E-state index contributed by atoms with van der Waals surface area (Å²) in [6, 6.07) is 7.99. The van der Waals surface area contributed by atoms with Crippen molar-refractivity contribution in [2.75, 3.05) is 13.1 Å². The van der Waals surface area contributed by atoms with Gasteiger partial charge < -0.3 is 9.84 Å². The third kappa shape index (κ3) is 2.73. The maximum absolute atomic E-state index is 11.3. The molecule has 0 amide bonds. The van der Waals surface area contributed by atoms with Gasteiger partial charge in [0, 0.05) is 13.0 Å². The molecule has 104 valence electrons. The van der Waals surface area contributed by atoms with Crippen molar-refractivity contribution >= 4 is 5.97 Å². The Labute approximate surface area is 114 Å². The lowest BCUT2D eigenvalue weighted by molar-refractivity contribution is -0.149. The molecule has 1 aliphatic rings. The molecule has 1 atom stereocenters. The number of para-hydroxylation sites is 1. The standard InChI is InChI=1S/C15H21NO3/c1-4-16(15(2,3)14(17)18)10-12-9-11-7-5-6-8-13(11)19-12/h5-8,12H,4,9-10H2,1-3H3,(H,17,18). The summed E-state index contributed by atoms with van der Waals surface area (Å²) < 4.78 is 5.88. The van der Waals surface area contributed by atoms with Gasteiger partial charge in [-0.25, -0.2) is 0 Å². The molecule has 0 saturated heterocycles. The number of carboxylic acids is 1. The number of carbonyl (C=O) groups is 1. The van der Waals surface area contributed by atoms with E-state index >= 15 is 0 Å². The molecular formula is C15H21NO3. The van der Waals surface area contributed by atoms with Gasteiger partial charge in [0.15, 0.2) is 0 Å². The predicted molar refractivity (Wildman–Crippen MR) is 73.5 cm³/mol. The van der Waals surface area contributed by atoms with Crippen molar-refractivity contribution < 1.29 is 14.6 Å². The van der Waals surface area contributed by atoms with Gasteiger partial charge in [-0.2, -0.15) is 0 Å². The number of fused-ring (bicyclic) bond motifs is 1. The van der Waals surface area contributed by atoms with E-state index in [-0.39, 0.29) is 6.10 Å². The van der Waals surface area contributed by atoms with Crippen molar-refractivity contribution in [3.63, 3.8) is 0 Å². The van der Waals surface area contributed by atoms with Gasteiger partial charge in [-0.15, -0.1) is 0 Å². The minimum absolute atomic E-state index is 0.0379. The van der Waals surface area contributed by atoms with E-state index in [0.29, 0.717) is 13.1 Å². The zero-order chi connectivity index (χ0) is 14.0. The Morgan fingerprint density at radius 3 is 2.74 bits per heavy atom. The van der Waals surface area contributed by atoms with Crippen LogP contribution in [0.25, 0.3) is 0 Å². The lowest BCUT2D eigenvalue weighted by atomic mass is 10.0. The summed E-state index contributed by atoms with van der Waals surface area (Å²) >= 11 is 0. The largest absolute Gasteiger partial charge is 0.488 e. The van der Waals surface area contributed by atoms with Crippen molar-refractivity contribution in [3.05, 3.63) is 29.8 Å². The molecule has 0 saturated carbocycles. The average Bonchev–Trinajstić information content (AvgIpc) is 2.77. The molecule has 4 heteroatoms. The molecular weight excluding hydrogens is 242 g/mol. The van der Waals surface area contributed by atoms with Crippen LogP contribution in [0, 0.1) is 0 Å². The summed E-state index contributed by atoms with van der Waals surface area (Å²) in [4.78, 5) is 13.3.